The van der Waals surface area contributed by atoms with Crippen LogP contribution in [0.1, 0.15) is 5.56 Å². The predicted octanol–water partition coefficient (Wildman–Crippen LogP) is 5.21. The predicted molar refractivity (Wildman–Crippen MR) is 135 cm³/mol. The van der Waals surface area contributed by atoms with Gasteiger partial charge in [0.15, 0.2) is 9.84 Å². The van der Waals surface area contributed by atoms with Crippen molar-refractivity contribution in [3.05, 3.63) is 103 Å². The summed E-state index contributed by atoms with van der Waals surface area (Å²) in [6.45, 7) is 2.55. The van der Waals surface area contributed by atoms with Crippen LogP contribution in [0.3, 0.4) is 0 Å². The third-order valence-electron chi connectivity index (χ3n) is 5.87. The Balaban J connectivity index is 1.09. The van der Waals surface area contributed by atoms with Crippen molar-refractivity contribution in [1.29, 1.82) is 0 Å². The summed E-state index contributed by atoms with van der Waals surface area (Å²) in [4.78, 5) is 7.06. The highest BCUT2D eigenvalue weighted by molar-refractivity contribution is 7.90. The molecule has 0 atom stereocenters. The molecule has 7 heteroatoms. The van der Waals surface area contributed by atoms with Gasteiger partial charge in [-0.3, -0.25) is 4.90 Å². The van der Waals surface area contributed by atoms with Crippen molar-refractivity contribution in [2.24, 2.45) is 0 Å². The number of rotatable bonds is 8. The van der Waals surface area contributed by atoms with Gasteiger partial charge in [-0.2, -0.15) is 0 Å². The average molecular weight is 487 g/mol. The fourth-order valence-corrected chi connectivity index (χ4v) is 4.59. The molecule has 0 N–H and O–H groups in total. The van der Waals surface area contributed by atoms with Gasteiger partial charge in [0.05, 0.1) is 4.90 Å². The molecule has 0 aliphatic carbocycles. The molecule has 6 nitrogen and oxygen atoms in total. The summed E-state index contributed by atoms with van der Waals surface area (Å²) >= 11 is 0. The monoisotopic (exact) mass is 486 g/mol. The van der Waals surface area contributed by atoms with Crippen LogP contribution in [0.25, 0.3) is 11.1 Å². The van der Waals surface area contributed by atoms with Crippen molar-refractivity contribution in [3.63, 3.8) is 0 Å². The Morgan fingerprint density at radius 3 is 2.11 bits per heavy atom. The first-order valence-electron chi connectivity index (χ1n) is 11.4. The van der Waals surface area contributed by atoms with Crippen LogP contribution in [0.15, 0.2) is 102 Å². The summed E-state index contributed by atoms with van der Waals surface area (Å²) in [5, 5.41) is 0. The van der Waals surface area contributed by atoms with E-state index in [4.69, 9.17) is 9.47 Å². The third kappa shape index (κ3) is 5.88. The first-order chi connectivity index (χ1) is 16.9. The topological polar surface area (TPSA) is 68.7 Å². The fourth-order valence-electron chi connectivity index (χ4n) is 3.96. The maximum Gasteiger partial charge on any atom is 0.213 e. The normalized spacial score (nSPS) is 14.3. The van der Waals surface area contributed by atoms with Gasteiger partial charge in [-0.05, 0) is 53.6 Å². The van der Waals surface area contributed by atoms with Crippen LogP contribution in [-0.4, -0.2) is 43.8 Å². The largest absolute Gasteiger partial charge is 0.472 e. The van der Waals surface area contributed by atoms with Crippen LogP contribution in [0.4, 0.5) is 0 Å². The van der Waals surface area contributed by atoms with Crippen LogP contribution < -0.4 is 9.47 Å². The molecule has 0 saturated carbocycles. The van der Waals surface area contributed by atoms with E-state index in [1.165, 1.54) is 11.8 Å². The first-order valence-corrected chi connectivity index (χ1v) is 13.3. The van der Waals surface area contributed by atoms with Gasteiger partial charge in [-0.1, -0.05) is 42.5 Å². The standard InChI is InChI=1S/C28H26N2O4S/c1-35(31,32)27-14-9-22(10-15-27)23-11-16-28(29-17-23)34-26-19-30(20-26)18-21-7-12-25(13-8-21)33-24-5-3-2-4-6-24/h2-17,26H,18-20H2,1H3. The second-order valence-corrected chi connectivity index (χ2v) is 10.7. The molecule has 0 bridgehead atoms. The number of likely N-dealkylation sites (tertiary alicyclic amines) is 1. The van der Waals surface area contributed by atoms with Gasteiger partial charge >= 0.3 is 0 Å². The molecule has 0 unspecified atom stereocenters. The lowest BCUT2D eigenvalue weighted by Crippen LogP contribution is -2.53. The minimum absolute atomic E-state index is 0.114. The lowest BCUT2D eigenvalue weighted by Gasteiger charge is -2.38. The summed E-state index contributed by atoms with van der Waals surface area (Å²) in [5.41, 5.74) is 3.05. The molecular formula is C28H26N2O4S. The van der Waals surface area contributed by atoms with Crippen molar-refractivity contribution in [2.45, 2.75) is 17.5 Å². The van der Waals surface area contributed by atoms with Gasteiger partial charge in [-0.25, -0.2) is 13.4 Å². The Morgan fingerprint density at radius 1 is 0.829 bits per heavy atom. The molecule has 3 aromatic carbocycles. The van der Waals surface area contributed by atoms with Gasteiger partial charge in [0, 0.05) is 43.7 Å². The SMILES string of the molecule is CS(=O)(=O)c1ccc(-c2ccc(OC3CN(Cc4ccc(Oc5ccccc5)cc4)C3)nc2)cc1. The Morgan fingerprint density at radius 2 is 1.49 bits per heavy atom. The quantitative estimate of drug-likeness (QED) is 0.341. The number of para-hydroxylation sites is 1. The number of pyridine rings is 1. The van der Waals surface area contributed by atoms with Crippen LogP contribution >= 0.6 is 0 Å². The third-order valence-corrected chi connectivity index (χ3v) is 7.00. The molecule has 178 valence electrons. The van der Waals surface area contributed by atoms with E-state index in [-0.39, 0.29) is 6.10 Å². The van der Waals surface area contributed by atoms with E-state index in [2.05, 4.69) is 22.0 Å². The second kappa shape index (κ2) is 9.90. The highest BCUT2D eigenvalue weighted by atomic mass is 32.2. The van der Waals surface area contributed by atoms with E-state index in [1.807, 2.05) is 54.6 Å². The zero-order valence-corrected chi connectivity index (χ0v) is 20.2. The van der Waals surface area contributed by atoms with Gasteiger partial charge in [-0.15, -0.1) is 0 Å². The number of hydrogen-bond acceptors (Lipinski definition) is 6. The van der Waals surface area contributed by atoms with Crippen molar-refractivity contribution in [1.82, 2.24) is 9.88 Å². The number of sulfone groups is 1. The minimum Gasteiger partial charge on any atom is -0.472 e. The van der Waals surface area contributed by atoms with Gasteiger partial charge < -0.3 is 9.47 Å². The van der Waals surface area contributed by atoms with Crippen molar-refractivity contribution in [2.75, 3.05) is 19.3 Å². The van der Waals surface area contributed by atoms with E-state index in [0.717, 1.165) is 42.3 Å². The van der Waals surface area contributed by atoms with Crippen LogP contribution in [0, 0.1) is 0 Å². The van der Waals surface area contributed by atoms with Gasteiger partial charge in [0.1, 0.15) is 17.6 Å². The van der Waals surface area contributed by atoms with Gasteiger partial charge in [0.25, 0.3) is 0 Å². The molecule has 1 aromatic heterocycles. The van der Waals surface area contributed by atoms with Crippen LogP contribution in [0.2, 0.25) is 0 Å². The molecule has 4 aromatic rings. The summed E-state index contributed by atoms with van der Waals surface area (Å²) in [6.07, 6.45) is 3.07. The minimum atomic E-state index is -3.20. The lowest BCUT2D eigenvalue weighted by atomic mass is 10.1. The number of nitrogens with zero attached hydrogens (tertiary/aromatic N) is 2. The molecule has 0 spiro atoms. The second-order valence-electron chi connectivity index (χ2n) is 8.67. The number of ether oxygens (including phenoxy) is 2. The Hall–Kier alpha value is -3.68. The molecule has 2 heterocycles. The highest BCUT2D eigenvalue weighted by Gasteiger charge is 2.28. The molecule has 35 heavy (non-hydrogen) atoms. The van der Waals surface area contributed by atoms with Crippen LogP contribution in [0.5, 0.6) is 17.4 Å². The zero-order valence-electron chi connectivity index (χ0n) is 19.4. The molecule has 5 rings (SSSR count). The maximum atomic E-state index is 11.6. The Kier molecular flexibility index (Phi) is 6.53. The van der Waals surface area contributed by atoms with E-state index in [0.29, 0.717) is 10.8 Å². The number of aromatic nitrogens is 1. The number of benzene rings is 3. The molecule has 0 radical (unpaired) electrons. The molecule has 0 amide bonds. The highest BCUT2D eigenvalue weighted by Crippen LogP contribution is 2.25. The zero-order chi connectivity index (χ0) is 24.3. The van der Waals surface area contributed by atoms with E-state index >= 15 is 0 Å². The van der Waals surface area contributed by atoms with Gasteiger partial charge in [0.2, 0.25) is 5.88 Å². The van der Waals surface area contributed by atoms with E-state index in [1.54, 1.807) is 30.5 Å². The van der Waals surface area contributed by atoms with Crippen molar-refractivity contribution in [3.8, 4) is 28.5 Å². The maximum absolute atomic E-state index is 11.6. The first kappa shape index (κ1) is 23.1. The smallest absolute Gasteiger partial charge is 0.213 e. The average Bonchev–Trinajstić information content (AvgIpc) is 2.84. The summed E-state index contributed by atoms with van der Waals surface area (Å²) in [7, 11) is -3.20. The molecule has 1 aliphatic heterocycles. The Bertz CT molecular complexity index is 1370. The summed E-state index contributed by atoms with van der Waals surface area (Å²) in [6, 6.07) is 28.5. The van der Waals surface area contributed by atoms with Crippen molar-refractivity contribution < 1.29 is 17.9 Å². The molecule has 1 fully saturated rings. The molecule has 1 saturated heterocycles. The summed E-state index contributed by atoms with van der Waals surface area (Å²) in [5.74, 6) is 2.24. The molecule has 1 aliphatic rings. The van der Waals surface area contributed by atoms with Crippen molar-refractivity contribution >= 4 is 9.84 Å². The Labute approximate surface area is 205 Å². The van der Waals surface area contributed by atoms with E-state index in [9.17, 15) is 8.42 Å². The number of hydrogen-bond donors (Lipinski definition) is 0. The fraction of sp³-hybridized carbons (Fsp3) is 0.179. The van der Waals surface area contributed by atoms with E-state index < -0.39 is 9.84 Å². The molecular weight excluding hydrogens is 460 g/mol. The lowest BCUT2D eigenvalue weighted by molar-refractivity contribution is 0.0118. The summed E-state index contributed by atoms with van der Waals surface area (Å²) < 4.78 is 35.1. The van der Waals surface area contributed by atoms with Crippen LogP contribution in [-0.2, 0) is 16.4 Å².